The Balaban J connectivity index is 1.21. The molecular formula is C26H25ClN4O3. The van der Waals surface area contributed by atoms with Crippen LogP contribution >= 0.6 is 11.6 Å². The van der Waals surface area contributed by atoms with Crippen LogP contribution in [0.25, 0.3) is 33.7 Å². The number of aromatic amines is 1. The highest BCUT2D eigenvalue weighted by Crippen LogP contribution is 2.29. The molecule has 7 nitrogen and oxygen atoms in total. The summed E-state index contributed by atoms with van der Waals surface area (Å²) < 4.78 is 11.2. The largest absolute Gasteiger partial charge is 0.474 e. The highest BCUT2D eigenvalue weighted by Gasteiger charge is 2.28. The lowest BCUT2D eigenvalue weighted by molar-refractivity contribution is -0.149. The third-order valence-electron chi connectivity index (χ3n) is 6.10. The highest BCUT2D eigenvalue weighted by molar-refractivity contribution is 6.31. The second-order valence-corrected chi connectivity index (χ2v) is 8.84. The van der Waals surface area contributed by atoms with Gasteiger partial charge in [0.15, 0.2) is 0 Å². The maximum absolute atomic E-state index is 11.9. The van der Waals surface area contributed by atoms with Gasteiger partial charge in [-0.05, 0) is 69.0 Å². The minimum atomic E-state index is -0.0911. The maximum atomic E-state index is 11.9. The summed E-state index contributed by atoms with van der Waals surface area (Å²) in [5.41, 5.74) is 4.36. The first-order chi connectivity index (χ1) is 16.6. The van der Waals surface area contributed by atoms with Crippen molar-refractivity contribution < 1.29 is 14.3 Å². The molecule has 0 saturated heterocycles. The molecule has 1 fully saturated rings. The van der Waals surface area contributed by atoms with E-state index in [1.165, 1.54) is 0 Å². The molecule has 4 aromatic rings. The van der Waals surface area contributed by atoms with Crippen LogP contribution in [0.2, 0.25) is 5.02 Å². The van der Waals surface area contributed by atoms with Crippen molar-refractivity contribution in [1.29, 1.82) is 0 Å². The van der Waals surface area contributed by atoms with E-state index in [4.69, 9.17) is 21.1 Å². The lowest BCUT2D eigenvalue weighted by atomic mass is 9.87. The van der Waals surface area contributed by atoms with E-state index >= 15 is 0 Å². The number of ether oxygens (including phenoxy) is 2. The summed E-state index contributed by atoms with van der Waals surface area (Å²) in [6.07, 6.45) is 6.85. The molecule has 1 N–H and O–H groups in total. The van der Waals surface area contributed by atoms with Gasteiger partial charge in [-0.3, -0.25) is 9.78 Å². The molecule has 1 aliphatic carbocycles. The summed E-state index contributed by atoms with van der Waals surface area (Å²) in [6, 6.07) is 13.3. The van der Waals surface area contributed by atoms with Crippen LogP contribution in [0.5, 0.6) is 5.88 Å². The first-order valence-corrected chi connectivity index (χ1v) is 11.9. The summed E-state index contributed by atoms with van der Waals surface area (Å²) in [5.74, 6) is 1.23. The van der Waals surface area contributed by atoms with E-state index in [1.54, 1.807) is 12.4 Å². The lowest BCUT2D eigenvalue weighted by Crippen LogP contribution is -2.29. The van der Waals surface area contributed by atoms with Gasteiger partial charge in [-0.25, -0.2) is 9.97 Å². The van der Waals surface area contributed by atoms with E-state index in [0.717, 1.165) is 59.4 Å². The monoisotopic (exact) mass is 476 g/mol. The molecule has 3 heterocycles. The molecule has 3 aromatic heterocycles. The van der Waals surface area contributed by atoms with Crippen molar-refractivity contribution in [2.24, 2.45) is 5.92 Å². The van der Waals surface area contributed by atoms with Crippen LogP contribution in [0, 0.1) is 5.92 Å². The van der Waals surface area contributed by atoms with Crippen molar-refractivity contribution in [3.05, 3.63) is 59.9 Å². The van der Waals surface area contributed by atoms with Gasteiger partial charge in [0, 0.05) is 34.6 Å². The van der Waals surface area contributed by atoms with E-state index < -0.39 is 0 Å². The molecule has 1 saturated carbocycles. The Kier molecular flexibility index (Phi) is 6.45. The quantitative estimate of drug-likeness (QED) is 0.351. The standard InChI is InChI=1S/C26H25ClN4O3/c1-2-33-26(32)16-3-8-20(9-4-16)34-24-12-6-17(14-29-24)21-10-5-18(15-28-21)25-30-22-11-7-19(27)13-23(22)31-25/h5-7,10-16,20H,2-4,8-9H2,1H3,(H,30,31)/t16-,20-. The number of nitrogens with one attached hydrogen (secondary N) is 1. The Labute approximate surface area is 202 Å². The van der Waals surface area contributed by atoms with Crippen molar-refractivity contribution >= 4 is 28.6 Å². The smallest absolute Gasteiger partial charge is 0.308 e. The number of pyridine rings is 2. The van der Waals surface area contributed by atoms with Crippen LogP contribution in [0.3, 0.4) is 0 Å². The number of aromatic nitrogens is 4. The zero-order chi connectivity index (χ0) is 23.5. The Hall–Kier alpha value is -3.45. The summed E-state index contributed by atoms with van der Waals surface area (Å²) in [7, 11) is 0. The van der Waals surface area contributed by atoms with E-state index in [-0.39, 0.29) is 18.0 Å². The van der Waals surface area contributed by atoms with Gasteiger partial charge >= 0.3 is 5.97 Å². The second kappa shape index (κ2) is 9.81. The van der Waals surface area contributed by atoms with Crippen molar-refractivity contribution in [1.82, 2.24) is 19.9 Å². The van der Waals surface area contributed by atoms with E-state index in [9.17, 15) is 4.79 Å². The molecule has 174 valence electrons. The number of benzene rings is 1. The highest BCUT2D eigenvalue weighted by atomic mass is 35.5. The molecule has 0 amide bonds. The summed E-state index contributed by atoms with van der Waals surface area (Å²) >= 11 is 6.06. The minimum Gasteiger partial charge on any atom is -0.474 e. The Morgan fingerprint density at radius 3 is 2.53 bits per heavy atom. The van der Waals surface area contributed by atoms with Gasteiger partial charge in [-0.1, -0.05) is 11.6 Å². The minimum absolute atomic E-state index is 0.0125. The summed E-state index contributed by atoms with van der Waals surface area (Å²) in [5, 5.41) is 0.656. The zero-order valence-corrected chi connectivity index (χ0v) is 19.6. The van der Waals surface area contributed by atoms with Crippen molar-refractivity contribution in [2.45, 2.75) is 38.7 Å². The van der Waals surface area contributed by atoms with Gasteiger partial charge in [0.05, 0.1) is 29.3 Å². The van der Waals surface area contributed by atoms with Gasteiger partial charge in [0.1, 0.15) is 11.9 Å². The third-order valence-corrected chi connectivity index (χ3v) is 6.33. The first kappa shape index (κ1) is 22.3. The predicted octanol–water partition coefficient (Wildman–Crippen LogP) is 5.84. The van der Waals surface area contributed by atoms with Crippen LogP contribution in [0.4, 0.5) is 0 Å². The average molecular weight is 477 g/mol. The van der Waals surface area contributed by atoms with Gasteiger partial charge < -0.3 is 14.5 Å². The number of carbonyl (C=O) groups excluding carboxylic acids is 1. The number of imidazole rings is 1. The molecule has 1 aromatic carbocycles. The van der Waals surface area contributed by atoms with Crippen molar-refractivity contribution in [2.75, 3.05) is 6.61 Å². The van der Waals surface area contributed by atoms with Crippen LogP contribution in [0.1, 0.15) is 32.6 Å². The summed E-state index contributed by atoms with van der Waals surface area (Å²) in [4.78, 5) is 28.8. The summed E-state index contributed by atoms with van der Waals surface area (Å²) in [6.45, 7) is 2.27. The maximum Gasteiger partial charge on any atom is 0.308 e. The molecule has 0 aliphatic heterocycles. The average Bonchev–Trinajstić information content (AvgIpc) is 3.28. The topological polar surface area (TPSA) is 90.0 Å². The molecule has 8 heteroatoms. The predicted molar refractivity (Wildman–Crippen MR) is 131 cm³/mol. The number of esters is 1. The fourth-order valence-electron chi connectivity index (χ4n) is 4.27. The first-order valence-electron chi connectivity index (χ1n) is 11.5. The number of nitrogens with zero attached hydrogens (tertiary/aromatic N) is 3. The zero-order valence-electron chi connectivity index (χ0n) is 18.8. The normalized spacial score (nSPS) is 18.1. The molecule has 34 heavy (non-hydrogen) atoms. The Bertz CT molecular complexity index is 1280. The fraction of sp³-hybridized carbons (Fsp3) is 0.308. The number of hydrogen-bond donors (Lipinski definition) is 1. The number of halogens is 1. The Morgan fingerprint density at radius 1 is 1.03 bits per heavy atom. The number of H-pyrrole nitrogens is 1. The second-order valence-electron chi connectivity index (χ2n) is 8.41. The number of hydrogen-bond acceptors (Lipinski definition) is 6. The van der Waals surface area contributed by atoms with Crippen LogP contribution < -0.4 is 4.74 Å². The molecule has 0 spiro atoms. The van der Waals surface area contributed by atoms with Crippen LogP contribution in [-0.4, -0.2) is 38.6 Å². The molecule has 1 aliphatic rings. The van der Waals surface area contributed by atoms with Crippen LogP contribution in [0.15, 0.2) is 54.9 Å². The van der Waals surface area contributed by atoms with E-state index in [2.05, 4.69) is 19.9 Å². The molecule has 0 radical (unpaired) electrons. The van der Waals surface area contributed by atoms with Crippen LogP contribution in [-0.2, 0) is 9.53 Å². The molecule has 0 atom stereocenters. The lowest BCUT2D eigenvalue weighted by Gasteiger charge is -2.27. The third kappa shape index (κ3) is 4.89. The van der Waals surface area contributed by atoms with E-state index in [1.807, 2.05) is 49.4 Å². The number of rotatable bonds is 6. The van der Waals surface area contributed by atoms with E-state index in [0.29, 0.717) is 17.5 Å². The number of carbonyl (C=O) groups is 1. The van der Waals surface area contributed by atoms with Crippen molar-refractivity contribution in [3.63, 3.8) is 0 Å². The van der Waals surface area contributed by atoms with Crippen molar-refractivity contribution in [3.8, 4) is 28.5 Å². The molecular weight excluding hydrogens is 452 g/mol. The van der Waals surface area contributed by atoms with Gasteiger partial charge in [-0.15, -0.1) is 0 Å². The molecule has 0 bridgehead atoms. The fourth-order valence-corrected chi connectivity index (χ4v) is 4.44. The Morgan fingerprint density at radius 2 is 1.82 bits per heavy atom. The van der Waals surface area contributed by atoms with Gasteiger partial charge in [0.25, 0.3) is 0 Å². The van der Waals surface area contributed by atoms with Gasteiger partial charge in [0.2, 0.25) is 5.88 Å². The van der Waals surface area contributed by atoms with Gasteiger partial charge in [-0.2, -0.15) is 0 Å². The molecule has 5 rings (SSSR count). The number of fused-ring (bicyclic) bond motifs is 1. The SMILES string of the molecule is CCOC(=O)[C@H]1CC[C@H](Oc2ccc(-c3ccc(-c4nc5cc(Cl)ccc5[nH]4)cn3)cn2)CC1. The molecule has 0 unspecified atom stereocenters.